The highest BCUT2D eigenvalue weighted by Gasteiger charge is 2.70. The molecule has 4 rings (SSSR count). The fraction of sp³-hybridized carbons (Fsp3) is 1.00. The monoisotopic (exact) mass is 274 g/mol. The van der Waals surface area contributed by atoms with Gasteiger partial charge in [0.1, 0.15) is 0 Å². The van der Waals surface area contributed by atoms with Crippen LogP contribution in [0, 0.1) is 51.8 Å². The van der Waals surface area contributed by atoms with E-state index >= 15 is 0 Å². The number of hydrogen-bond donors (Lipinski definition) is 0. The van der Waals surface area contributed by atoms with Crippen LogP contribution in [0.15, 0.2) is 0 Å². The molecule has 4 aliphatic rings. The molecule has 7 unspecified atom stereocenters. The Morgan fingerprint density at radius 1 is 0.850 bits per heavy atom. The van der Waals surface area contributed by atoms with Crippen molar-refractivity contribution in [1.29, 1.82) is 0 Å². The molecule has 0 saturated heterocycles. The van der Waals surface area contributed by atoms with Crippen molar-refractivity contribution < 1.29 is 0 Å². The van der Waals surface area contributed by atoms with E-state index in [4.69, 9.17) is 0 Å². The largest absolute Gasteiger partial charge is 0.0622 e. The molecule has 4 fully saturated rings. The molecule has 0 aromatic rings. The first-order valence-electron chi connectivity index (χ1n) is 9.19. The van der Waals surface area contributed by atoms with E-state index in [2.05, 4.69) is 41.5 Å². The molecule has 114 valence electrons. The molecule has 4 saturated carbocycles. The lowest BCUT2D eigenvalue weighted by molar-refractivity contribution is -0.0222. The van der Waals surface area contributed by atoms with Crippen molar-refractivity contribution in [2.24, 2.45) is 51.8 Å². The minimum absolute atomic E-state index is 0.604. The first-order chi connectivity index (χ1) is 9.19. The van der Waals surface area contributed by atoms with E-state index in [1.165, 1.54) is 32.1 Å². The molecule has 2 bridgehead atoms. The zero-order valence-corrected chi connectivity index (χ0v) is 14.5. The van der Waals surface area contributed by atoms with Crippen molar-refractivity contribution in [3.63, 3.8) is 0 Å². The average molecular weight is 274 g/mol. The van der Waals surface area contributed by atoms with Gasteiger partial charge in [-0.3, -0.25) is 0 Å². The van der Waals surface area contributed by atoms with Gasteiger partial charge >= 0.3 is 0 Å². The summed E-state index contributed by atoms with van der Waals surface area (Å²) in [5, 5.41) is 0. The van der Waals surface area contributed by atoms with Gasteiger partial charge in [0, 0.05) is 0 Å². The summed E-state index contributed by atoms with van der Waals surface area (Å²) in [5.74, 6) is 6.12. The average Bonchev–Trinajstić information content (AvgIpc) is 2.66. The van der Waals surface area contributed by atoms with Crippen molar-refractivity contribution >= 4 is 0 Å². The summed E-state index contributed by atoms with van der Waals surface area (Å²) >= 11 is 0. The molecule has 0 radical (unpaired) electrons. The van der Waals surface area contributed by atoms with Gasteiger partial charge in [-0.1, -0.05) is 48.0 Å². The lowest BCUT2D eigenvalue weighted by Gasteiger charge is -2.50. The van der Waals surface area contributed by atoms with E-state index in [1.54, 1.807) is 0 Å². The maximum Gasteiger partial charge on any atom is -0.0272 e. The van der Waals surface area contributed by atoms with Crippen molar-refractivity contribution in [3.8, 4) is 0 Å². The van der Waals surface area contributed by atoms with Gasteiger partial charge in [-0.25, -0.2) is 0 Å². The lowest BCUT2D eigenvalue weighted by atomic mass is 9.54. The fourth-order valence-corrected chi connectivity index (χ4v) is 7.93. The Kier molecular flexibility index (Phi) is 2.50. The Morgan fingerprint density at radius 2 is 1.55 bits per heavy atom. The maximum atomic E-state index is 2.65. The third kappa shape index (κ3) is 1.45. The van der Waals surface area contributed by atoms with Crippen LogP contribution < -0.4 is 0 Å². The molecule has 0 spiro atoms. The molecule has 0 aromatic carbocycles. The van der Waals surface area contributed by atoms with Crippen molar-refractivity contribution in [2.45, 2.75) is 73.6 Å². The van der Waals surface area contributed by atoms with Gasteiger partial charge in [0.05, 0.1) is 0 Å². The predicted octanol–water partition coefficient (Wildman–Crippen LogP) is 5.77. The van der Waals surface area contributed by atoms with E-state index in [9.17, 15) is 0 Å². The summed E-state index contributed by atoms with van der Waals surface area (Å²) in [7, 11) is 0. The second-order valence-electron chi connectivity index (χ2n) is 10.5. The van der Waals surface area contributed by atoms with Crippen LogP contribution in [-0.4, -0.2) is 0 Å². The Balaban J connectivity index is 1.73. The third-order valence-electron chi connectivity index (χ3n) is 8.91. The molecule has 0 aliphatic heterocycles. The van der Waals surface area contributed by atoms with Gasteiger partial charge in [-0.15, -0.1) is 0 Å². The molecule has 7 atom stereocenters. The first kappa shape index (κ1) is 13.6. The SMILES string of the molecule is CC1CCC2C(C1C1C3(C)CCC(C3)C1(C)C)C2(C)C. The van der Waals surface area contributed by atoms with Crippen LogP contribution in [0.4, 0.5) is 0 Å². The summed E-state index contributed by atoms with van der Waals surface area (Å²) in [6, 6.07) is 0. The minimum Gasteiger partial charge on any atom is -0.0622 e. The molecule has 0 nitrogen and oxygen atoms in total. The van der Waals surface area contributed by atoms with Crippen LogP contribution in [0.3, 0.4) is 0 Å². The predicted molar refractivity (Wildman–Crippen MR) is 85.4 cm³/mol. The molecule has 0 heteroatoms. The van der Waals surface area contributed by atoms with Crippen LogP contribution in [0.25, 0.3) is 0 Å². The molecular weight excluding hydrogens is 240 g/mol. The van der Waals surface area contributed by atoms with Crippen LogP contribution in [0.5, 0.6) is 0 Å². The van der Waals surface area contributed by atoms with Crippen molar-refractivity contribution in [3.05, 3.63) is 0 Å². The highest BCUT2D eigenvalue weighted by molar-refractivity contribution is 5.18. The normalized spacial score (nSPS) is 58.5. The molecular formula is C20H34. The Bertz CT molecular complexity index is 427. The summed E-state index contributed by atoms with van der Waals surface area (Å²) < 4.78 is 0. The lowest BCUT2D eigenvalue weighted by Crippen LogP contribution is -2.44. The highest BCUT2D eigenvalue weighted by Crippen LogP contribution is 2.76. The molecule has 0 heterocycles. The van der Waals surface area contributed by atoms with Gasteiger partial charge in [0.2, 0.25) is 0 Å². The topological polar surface area (TPSA) is 0 Å². The number of rotatable bonds is 1. The van der Waals surface area contributed by atoms with Crippen molar-refractivity contribution in [2.75, 3.05) is 0 Å². The summed E-state index contributed by atoms with van der Waals surface area (Å²) in [5.41, 5.74) is 1.93. The standard InChI is InChI=1S/C20H34/c1-12-7-8-14-16(19(14,4)5)15(12)17-18(2,3)13-9-10-20(17,6)11-13/h12-17H,7-11H2,1-6H3. The van der Waals surface area contributed by atoms with E-state index in [0.29, 0.717) is 16.2 Å². The van der Waals surface area contributed by atoms with Gasteiger partial charge in [0.25, 0.3) is 0 Å². The Morgan fingerprint density at radius 3 is 2.15 bits per heavy atom. The summed E-state index contributed by atoms with van der Waals surface area (Å²) in [6.45, 7) is 15.6. The molecule has 0 aromatic heterocycles. The quantitative estimate of drug-likeness (QED) is 0.569. The van der Waals surface area contributed by atoms with E-state index < -0.39 is 0 Å². The Hall–Kier alpha value is 0. The zero-order valence-electron chi connectivity index (χ0n) is 14.5. The van der Waals surface area contributed by atoms with Gasteiger partial charge < -0.3 is 0 Å². The number of hydrogen-bond acceptors (Lipinski definition) is 0. The maximum absolute atomic E-state index is 2.65. The van der Waals surface area contributed by atoms with E-state index in [-0.39, 0.29) is 0 Å². The zero-order chi connectivity index (χ0) is 14.5. The number of fused-ring (bicyclic) bond motifs is 3. The molecule has 0 amide bonds. The third-order valence-corrected chi connectivity index (χ3v) is 8.91. The van der Waals surface area contributed by atoms with Gasteiger partial charge in [0.15, 0.2) is 0 Å². The van der Waals surface area contributed by atoms with Crippen molar-refractivity contribution in [1.82, 2.24) is 0 Å². The second kappa shape index (κ2) is 3.66. The molecule has 20 heavy (non-hydrogen) atoms. The smallest absolute Gasteiger partial charge is 0.0272 e. The minimum atomic E-state index is 0.604. The molecule has 4 aliphatic carbocycles. The van der Waals surface area contributed by atoms with Gasteiger partial charge in [-0.2, -0.15) is 0 Å². The van der Waals surface area contributed by atoms with Crippen LogP contribution in [-0.2, 0) is 0 Å². The van der Waals surface area contributed by atoms with Gasteiger partial charge in [-0.05, 0) is 77.4 Å². The second-order valence-corrected chi connectivity index (χ2v) is 10.5. The fourth-order valence-electron chi connectivity index (χ4n) is 7.93. The van der Waals surface area contributed by atoms with Crippen LogP contribution >= 0.6 is 0 Å². The summed E-state index contributed by atoms with van der Waals surface area (Å²) in [4.78, 5) is 0. The van der Waals surface area contributed by atoms with Crippen LogP contribution in [0.2, 0.25) is 0 Å². The highest BCUT2D eigenvalue weighted by atomic mass is 14.7. The Labute approximate surface area is 126 Å². The van der Waals surface area contributed by atoms with Crippen LogP contribution in [0.1, 0.15) is 73.6 Å². The van der Waals surface area contributed by atoms with E-state index in [1.807, 2.05) is 0 Å². The first-order valence-corrected chi connectivity index (χ1v) is 9.19. The molecule has 0 N–H and O–H groups in total. The van der Waals surface area contributed by atoms with E-state index in [0.717, 1.165) is 35.5 Å². The summed E-state index contributed by atoms with van der Waals surface area (Å²) in [6.07, 6.45) is 7.59.